The second kappa shape index (κ2) is 7.82. The van der Waals surface area contributed by atoms with Crippen LogP contribution in [0.5, 0.6) is 5.75 Å². The second-order valence-corrected chi connectivity index (χ2v) is 7.42. The van der Waals surface area contributed by atoms with E-state index in [1.165, 1.54) is 18.2 Å². The average Bonchev–Trinajstić information content (AvgIpc) is 3.28. The molecule has 3 heterocycles. The zero-order valence-corrected chi connectivity index (χ0v) is 18.4. The molecule has 1 aromatic carbocycles. The molecule has 2 N–H and O–H groups in total. The van der Waals surface area contributed by atoms with Crippen molar-refractivity contribution in [1.29, 1.82) is 5.26 Å². The molecule has 4 aromatic rings. The maximum Gasteiger partial charge on any atom is 1.00 e. The van der Waals surface area contributed by atoms with E-state index < -0.39 is 21.0 Å². The number of H-pyrrole nitrogens is 1. The van der Waals surface area contributed by atoms with Gasteiger partial charge in [-0.25, -0.2) is 17.8 Å². The van der Waals surface area contributed by atoms with Crippen molar-refractivity contribution < 1.29 is 56.4 Å². The number of phenols is 1. The summed E-state index contributed by atoms with van der Waals surface area (Å²) < 4.78 is 53.4. The molecule has 0 fully saturated rings. The van der Waals surface area contributed by atoms with Crippen LogP contribution in [0.15, 0.2) is 39.8 Å². The Hall–Kier alpha value is -2.75. The maximum absolute atomic E-state index is 14.5. The van der Waals surface area contributed by atoms with E-state index in [0.29, 0.717) is 11.1 Å². The zero-order chi connectivity index (χ0) is 20.9. The Balaban J connectivity index is 0.00000256. The van der Waals surface area contributed by atoms with Crippen molar-refractivity contribution >= 4 is 21.2 Å². The van der Waals surface area contributed by atoms with Gasteiger partial charge < -0.3 is 14.1 Å². The molecule has 146 valence electrons. The number of nitrogens with zero attached hydrogens (tertiary/aromatic N) is 3. The first-order chi connectivity index (χ1) is 13.7. The Kier molecular flexibility index (Phi) is 5.72. The second-order valence-electron chi connectivity index (χ2n) is 6.11. The molecule has 0 spiro atoms. The van der Waals surface area contributed by atoms with E-state index in [1.807, 2.05) is 6.07 Å². The summed E-state index contributed by atoms with van der Waals surface area (Å²) in [5.41, 5.74) is 0.465. The van der Waals surface area contributed by atoms with Gasteiger partial charge in [0, 0.05) is 17.3 Å². The Bertz CT molecular complexity index is 1440. The molecule has 3 aromatic heterocycles. The number of fused-ring (bicyclic) bond motifs is 1. The van der Waals surface area contributed by atoms with E-state index in [2.05, 4.69) is 15.2 Å². The Labute approximate surface area is 191 Å². The molecule has 0 aliphatic carbocycles. The summed E-state index contributed by atoms with van der Waals surface area (Å²) in [7, 11) is -4.86. The summed E-state index contributed by atoms with van der Waals surface area (Å²) in [5.74, 6) is -1.22. The standard InChI is InChI=1S/C18H11FN4O5S.Na/c1-8-15-16(13-4-5-14(28-13)29(25,26)27)11(7-20)17(21-18(15)23-22-8)10-3-2-9(24)6-12(10)19;/h2-6,24H,1H3,(H,21,22,23)(H,25,26,27);/q;+1/p-1. The minimum atomic E-state index is -4.86. The van der Waals surface area contributed by atoms with Crippen LogP contribution in [0.2, 0.25) is 0 Å². The molecule has 0 aliphatic rings. The van der Waals surface area contributed by atoms with E-state index >= 15 is 0 Å². The van der Waals surface area contributed by atoms with Gasteiger partial charge in [-0.15, -0.1) is 0 Å². The average molecular weight is 436 g/mol. The predicted molar refractivity (Wildman–Crippen MR) is 96.1 cm³/mol. The number of hydrogen-bond acceptors (Lipinski definition) is 8. The first-order valence-corrected chi connectivity index (χ1v) is 9.45. The fraction of sp³-hybridized carbons (Fsp3) is 0.0556. The Morgan fingerprint density at radius 2 is 2.03 bits per heavy atom. The number of halogens is 1. The van der Waals surface area contributed by atoms with Gasteiger partial charge in [0.05, 0.1) is 22.2 Å². The number of phenolic OH excluding ortho intramolecular Hbond substituents is 1. The fourth-order valence-corrected chi connectivity index (χ4v) is 3.46. The zero-order valence-electron chi connectivity index (χ0n) is 15.6. The molecule has 0 radical (unpaired) electrons. The van der Waals surface area contributed by atoms with Gasteiger partial charge >= 0.3 is 29.6 Å². The van der Waals surface area contributed by atoms with Crippen LogP contribution in [0, 0.1) is 24.1 Å². The topological polar surface area (TPSA) is 156 Å². The third-order valence-corrected chi connectivity index (χ3v) is 4.99. The smallest absolute Gasteiger partial charge is 0.742 e. The SMILES string of the molecule is Cc1[nH]nc2nc(-c3ccc(O)cc3F)c(C#N)c(-c3ccc(S(=O)(=O)[O-])o3)c12.[Na+]. The molecule has 0 saturated carbocycles. The van der Waals surface area contributed by atoms with E-state index in [0.717, 1.165) is 12.1 Å². The summed E-state index contributed by atoms with van der Waals surface area (Å²) in [5, 5.41) is 25.5. The molecule has 0 amide bonds. The molecule has 12 heteroatoms. The van der Waals surface area contributed by atoms with Gasteiger partial charge in [0.25, 0.3) is 0 Å². The van der Waals surface area contributed by atoms with Crippen LogP contribution in [0.1, 0.15) is 11.3 Å². The fourth-order valence-electron chi connectivity index (χ4n) is 3.04. The molecule has 30 heavy (non-hydrogen) atoms. The number of nitriles is 1. The quantitative estimate of drug-likeness (QED) is 0.331. The molecule has 9 nitrogen and oxygen atoms in total. The van der Waals surface area contributed by atoms with Crippen molar-refractivity contribution in [1.82, 2.24) is 15.2 Å². The Morgan fingerprint density at radius 3 is 2.63 bits per heavy atom. The van der Waals surface area contributed by atoms with Gasteiger partial charge in [0.2, 0.25) is 5.09 Å². The van der Waals surface area contributed by atoms with Crippen molar-refractivity contribution in [3.05, 3.63) is 47.4 Å². The van der Waals surface area contributed by atoms with Crippen molar-refractivity contribution in [2.24, 2.45) is 0 Å². The molecule has 0 saturated heterocycles. The minimum absolute atomic E-state index is 0. The van der Waals surface area contributed by atoms with Gasteiger partial charge in [-0.1, -0.05) is 0 Å². The summed E-state index contributed by atoms with van der Waals surface area (Å²) in [4.78, 5) is 4.26. The normalized spacial score (nSPS) is 11.3. The molecular formula is C18H10FN4NaO5S. The Morgan fingerprint density at radius 1 is 1.30 bits per heavy atom. The summed E-state index contributed by atoms with van der Waals surface area (Å²) >= 11 is 0. The van der Waals surface area contributed by atoms with E-state index in [1.54, 1.807) is 6.92 Å². The summed E-state index contributed by atoms with van der Waals surface area (Å²) in [6.45, 7) is 1.65. The van der Waals surface area contributed by atoms with E-state index in [9.17, 15) is 27.7 Å². The number of nitrogens with one attached hydrogen (secondary N) is 1. The monoisotopic (exact) mass is 436 g/mol. The van der Waals surface area contributed by atoms with Crippen LogP contribution >= 0.6 is 0 Å². The number of aromatic amines is 1. The van der Waals surface area contributed by atoms with Crippen molar-refractivity contribution in [2.45, 2.75) is 12.0 Å². The molecule has 0 aliphatic heterocycles. The number of benzene rings is 1. The number of aryl methyl sites for hydroxylation is 1. The van der Waals surface area contributed by atoms with Crippen molar-refractivity contribution in [2.75, 3.05) is 0 Å². The van der Waals surface area contributed by atoms with Crippen molar-refractivity contribution in [3.63, 3.8) is 0 Å². The first-order valence-electron chi connectivity index (χ1n) is 8.04. The number of aromatic hydroxyl groups is 1. The molecule has 0 atom stereocenters. The van der Waals surface area contributed by atoms with Gasteiger partial charge in [-0.05, 0) is 31.2 Å². The van der Waals surface area contributed by atoms with Gasteiger partial charge in [-0.2, -0.15) is 10.4 Å². The molecule has 0 unspecified atom stereocenters. The van der Waals surface area contributed by atoms with Crippen LogP contribution < -0.4 is 29.6 Å². The van der Waals surface area contributed by atoms with Gasteiger partial charge in [-0.3, -0.25) is 5.10 Å². The number of hydrogen-bond donors (Lipinski definition) is 2. The van der Waals surface area contributed by atoms with Gasteiger partial charge in [0.15, 0.2) is 15.8 Å². The van der Waals surface area contributed by atoms with E-state index in [4.69, 9.17) is 4.42 Å². The minimum Gasteiger partial charge on any atom is -0.742 e. The number of rotatable bonds is 3. The largest absolute Gasteiger partial charge is 1.00 e. The number of pyridine rings is 1. The van der Waals surface area contributed by atoms with Crippen molar-refractivity contribution in [3.8, 4) is 34.4 Å². The number of aromatic nitrogens is 3. The van der Waals surface area contributed by atoms with Crippen LogP contribution in [0.4, 0.5) is 4.39 Å². The first kappa shape index (κ1) is 21.9. The van der Waals surface area contributed by atoms with Crippen LogP contribution in [0.25, 0.3) is 33.6 Å². The van der Waals surface area contributed by atoms with Gasteiger partial charge in [0.1, 0.15) is 23.4 Å². The van der Waals surface area contributed by atoms with Crippen LogP contribution in [-0.2, 0) is 10.1 Å². The van der Waals surface area contributed by atoms with Crippen LogP contribution in [-0.4, -0.2) is 33.3 Å². The van der Waals surface area contributed by atoms with E-state index in [-0.39, 0.29) is 69.1 Å². The summed E-state index contributed by atoms with van der Waals surface area (Å²) in [6.07, 6.45) is 0. The third kappa shape index (κ3) is 3.60. The van der Waals surface area contributed by atoms with Crippen LogP contribution in [0.3, 0.4) is 0 Å². The summed E-state index contributed by atoms with van der Waals surface area (Å²) in [6, 6.07) is 7.49. The predicted octanol–water partition coefficient (Wildman–Crippen LogP) is -0.182. The molecule has 4 rings (SSSR count). The third-order valence-electron chi connectivity index (χ3n) is 4.28. The maximum atomic E-state index is 14.5. The number of furan rings is 1. The molecule has 0 bridgehead atoms. The molecular weight excluding hydrogens is 426 g/mol.